The van der Waals surface area contributed by atoms with E-state index in [4.69, 9.17) is 4.74 Å². The Morgan fingerprint density at radius 3 is 2.84 bits per heavy atom. The van der Waals surface area contributed by atoms with Crippen molar-refractivity contribution in [1.29, 1.82) is 0 Å². The molecule has 1 heterocycles. The second-order valence-electron chi connectivity index (χ2n) is 5.04. The fourth-order valence-electron chi connectivity index (χ4n) is 2.49. The summed E-state index contributed by atoms with van der Waals surface area (Å²) in [5, 5.41) is 19.0. The molecule has 0 aromatic heterocycles. The number of rotatable bonds is 3. The molecular weight excluding hydrogens is 249 g/mol. The van der Waals surface area contributed by atoms with Crippen LogP contribution in [0.4, 0.5) is 10.1 Å². The van der Waals surface area contributed by atoms with Crippen LogP contribution in [0.3, 0.4) is 0 Å². The molecule has 5 heteroatoms. The molecule has 0 spiro atoms. The summed E-state index contributed by atoms with van der Waals surface area (Å²) >= 11 is 0. The van der Waals surface area contributed by atoms with E-state index in [0.29, 0.717) is 18.7 Å². The molecule has 0 aliphatic carbocycles. The maximum absolute atomic E-state index is 13.3. The number of ether oxygens (including phenoxy) is 1. The van der Waals surface area contributed by atoms with E-state index in [1.807, 2.05) is 11.8 Å². The minimum Gasteiger partial charge on any atom is -0.394 e. The van der Waals surface area contributed by atoms with Crippen molar-refractivity contribution in [2.75, 3.05) is 24.6 Å². The van der Waals surface area contributed by atoms with Gasteiger partial charge >= 0.3 is 0 Å². The van der Waals surface area contributed by atoms with E-state index in [1.54, 1.807) is 13.0 Å². The monoisotopic (exact) mass is 269 g/mol. The molecule has 1 fully saturated rings. The number of aliphatic hydroxyl groups is 2. The summed E-state index contributed by atoms with van der Waals surface area (Å²) in [7, 11) is 0. The molecule has 0 saturated carbocycles. The molecule has 4 nitrogen and oxygen atoms in total. The maximum Gasteiger partial charge on any atom is 0.123 e. The maximum atomic E-state index is 13.3. The van der Waals surface area contributed by atoms with Gasteiger partial charge in [-0.2, -0.15) is 0 Å². The highest BCUT2D eigenvalue weighted by Gasteiger charge is 2.26. The molecule has 1 aliphatic rings. The minimum absolute atomic E-state index is 0.0159. The molecule has 2 rings (SSSR count). The summed E-state index contributed by atoms with van der Waals surface area (Å²) in [4.78, 5) is 2.02. The van der Waals surface area contributed by atoms with E-state index >= 15 is 0 Å². The predicted molar refractivity (Wildman–Crippen MR) is 70.7 cm³/mol. The third kappa shape index (κ3) is 3.23. The SMILES string of the molecule is CC1CN(c2ccc(F)cc2C(C)O)CC(CO)O1. The molecule has 0 radical (unpaired) electrons. The normalized spacial score (nSPS) is 25.4. The van der Waals surface area contributed by atoms with E-state index < -0.39 is 6.10 Å². The van der Waals surface area contributed by atoms with Crippen LogP contribution in [0.5, 0.6) is 0 Å². The van der Waals surface area contributed by atoms with Gasteiger partial charge < -0.3 is 19.8 Å². The van der Waals surface area contributed by atoms with Gasteiger partial charge in [0, 0.05) is 24.3 Å². The first-order valence-electron chi connectivity index (χ1n) is 6.50. The van der Waals surface area contributed by atoms with Crippen molar-refractivity contribution in [2.45, 2.75) is 32.2 Å². The number of anilines is 1. The average molecular weight is 269 g/mol. The van der Waals surface area contributed by atoms with Gasteiger partial charge in [-0.3, -0.25) is 0 Å². The van der Waals surface area contributed by atoms with Gasteiger partial charge in [0.2, 0.25) is 0 Å². The van der Waals surface area contributed by atoms with Crippen molar-refractivity contribution in [3.05, 3.63) is 29.6 Å². The van der Waals surface area contributed by atoms with Crippen LogP contribution in [0, 0.1) is 5.82 Å². The first kappa shape index (κ1) is 14.2. The molecule has 3 unspecified atom stereocenters. The van der Waals surface area contributed by atoms with Gasteiger partial charge in [-0.15, -0.1) is 0 Å². The Morgan fingerprint density at radius 2 is 2.21 bits per heavy atom. The van der Waals surface area contributed by atoms with Gasteiger partial charge in [-0.05, 0) is 32.0 Å². The molecule has 0 amide bonds. The van der Waals surface area contributed by atoms with Crippen LogP contribution in [0.25, 0.3) is 0 Å². The molecule has 1 saturated heterocycles. The van der Waals surface area contributed by atoms with Gasteiger partial charge in [-0.1, -0.05) is 0 Å². The third-order valence-electron chi connectivity index (χ3n) is 3.31. The standard InChI is InChI=1S/C14H20FNO3/c1-9-6-16(7-12(8-17)19-9)14-4-3-11(15)5-13(14)10(2)18/h3-5,9-10,12,17-18H,6-8H2,1-2H3. The number of benzene rings is 1. The lowest BCUT2D eigenvalue weighted by atomic mass is 10.1. The molecule has 106 valence electrons. The largest absolute Gasteiger partial charge is 0.394 e. The lowest BCUT2D eigenvalue weighted by molar-refractivity contribution is -0.0422. The molecule has 3 atom stereocenters. The Kier molecular flexibility index (Phi) is 4.39. The Balaban J connectivity index is 2.30. The highest BCUT2D eigenvalue weighted by molar-refractivity contribution is 5.55. The van der Waals surface area contributed by atoms with Crippen molar-refractivity contribution < 1.29 is 19.3 Å². The lowest BCUT2D eigenvalue weighted by Crippen LogP contribution is -2.48. The summed E-state index contributed by atoms with van der Waals surface area (Å²) in [6.45, 7) is 4.69. The van der Waals surface area contributed by atoms with Crippen LogP contribution in [0.15, 0.2) is 18.2 Å². The molecule has 1 aliphatic heterocycles. The fourth-order valence-corrected chi connectivity index (χ4v) is 2.49. The number of nitrogens with zero attached hydrogens (tertiary/aromatic N) is 1. The van der Waals surface area contributed by atoms with Gasteiger partial charge in [0.1, 0.15) is 5.82 Å². The zero-order valence-electron chi connectivity index (χ0n) is 11.2. The van der Waals surface area contributed by atoms with E-state index in [0.717, 1.165) is 5.69 Å². The van der Waals surface area contributed by atoms with Crippen LogP contribution in [0.1, 0.15) is 25.5 Å². The summed E-state index contributed by atoms with van der Waals surface area (Å²) in [5.74, 6) is -0.361. The fraction of sp³-hybridized carbons (Fsp3) is 0.571. The minimum atomic E-state index is -0.739. The van der Waals surface area contributed by atoms with E-state index in [9.17, 15) is 14.6 Å². The Hall–Kier alpha value is -1.17. The predicted octanol–water partition coefficient (Wildman–Crippen LogP) is 1.46. The lowest BCUT2D eigenvalue weighted by Gasteiger charge is -2.38. The first-order valence-corrected chi connectivity index (χ1v) is 6.50. The number of halogens is 1. The van der Waals surface area contributed by atoms with E-state index in [1.165, 1.54) is 12.1 Å². The second-order valence-corrected chi connectivity index (χ2v) is 5.04. The van der Waals surface area contributed by atoms with Gasteiger partial charge in [0.25, 0.3) is 0 Å². The Morgan fingerprint density at radius 1 is 1.47 bits per heavy atom. The Labute approximate surface area is 112 Å². The molecule has 1 aromatic carbocycles. The quantitative estimate of drug-likeness (QED) is 0.872. The molecule has 19 heavy (non-hydrogen) atoms. The molecular formula is C14H20FNO3. The molecule has 0 bridgehead atoms. The van der Waals surface area contributed by atoms with Gasteiger partial charge in [-0.25, -0.2) is 4.39 Å². The van der Waals surface area contributed by atoms with Crippen molar-refractivity contribution >= 4 is 5.69 Å². The van der Waals surface area contributed by atoms with Gasteiger partial charge in [0.05, 0.1) is 24.9 Å². The summed E-state index contributed by atoms with van der Waals surface area (Å²) in [6.07, 6.45) is -1.01. The van der Waals surface area contributed by atoms with Crippen LogP contribution < -0.4 is 4.90 Å². The van der Waals surface area contributed by atoms with E-state index in [-0.39, 0.29) is 24.6 Å². The number of hydrogen-bond acceptors (Lipinski definition) is 4. The number of aliphatic hydroxyl groups excluding tert-OH is 2. The van der Waals surface area contributed by atoms with Crippen molar-refractivity contribution in [3.63, 3.8) is 0 Å². The van der Waals surface area contributed by atoms with E-state index in [2.05, 4.69) is 0 Å². The summed E-state index contributed by atoms with van der Waals surface area (Å²) in [6, 6.07) is 4.41. The number of hydrogen-bond donors (Lipinski definition) is 2. The topological polar surface area (TPSA) is 52.9 Å². The van der Waals surface area contributed by atoms with Crippen LogP contribution >= 0.6 is 0 Å². The smallest absolute Gasteiger partial charge is 0.123 e. The zero-order valence-corrected chi connectivity index (χ0v) is 11.2. The second kappa shape index (κ2) is 5.86. The van der Waals surface area contributed by atoms with Gasteiger partial charge in [0.15, 0.2) is 0 Å². The van der Waals surface area contributed by atoms with Crippen molar-refractivity contribution in [3.8, 4) is 0 Å². The zero-order chi connectivity index (χ0) is 14.0. The summed E-state index contributed by atoms with van der Waals surface area (Å²) < 4.78 is 18.9. The van der Waals surface area contributed by atoms with Crippen LogP contribution in [0.2, 0.25) is 0 Å². The first-order chi connectivity index (χ1) is 9.01. The molecule has 2 N–H and O–H groups in total. The van der Waals surface area contributed by atoms with Crippen molar-refractivity contribution in [2.24, 2.45) is 0 Å². The van der Waals surface area contributed by atoms with Crippen molar-refractivity contribution in [1.82, 2.24) is 0 Å². The highest BCUT2D eigenvalue weighted by atomic mass is 19.1. The van der Waals surface area contributed by atoms with Crippen LogP contribution in [-0.2, 0) is 4.74 Å². The Bertz CT molecular complexity index is 439. The molecule has 1 aromatic rings. The number of morpholine rings is 1. The van der Waals surface area contributed by atoms with Crippen LogP contribution in [-0.4, -0.2) is 42.1 Å². The highest BCUT2D eigenvalue weighted by Crippen LogP contribution is 2.29. The summed E-state index contributed by atoms with van der Waals surface area (Å²) in [5.41, 5.74) is 1.36. The third-order valence-corrected chi connectivity index (χ3v) is 3.31. The average Bonchev–Trinajstić information content (AvgIpc) is 2.37.